The summed E-state index contributed by atoms with van der Waals surface area (Å²) in [6.45, 7) is 0.515. The summed E-state index contributed by atoms with van der Waals surface area (Å²) in [5.41, 5.74) is 2.27. The number of nitrogens with zero attached hydrogens (tertiary/aromatic N) is 2. The first-order valence-corrected chi connectivity index (χ1v) is 7.98. The Bertz CT molecular complexity index is 903. The van der Waals surface area contributed by atoms with Crippen LogP contribution in [-0.2, 0) is 11.3 Å². The number of carbonyl (C=O) groups excluding carboxylic acids is 1. The van der Waals surface area contributed by atoms with Crippen LogP contribution >= 0.6 is 11.6 Å². The maximum atomic E-state index is 12.8. The molecule has 0 atom stereocenters. The van der Waals surface area contributed by atoms with Gasteiger partial charge < -0.3 is 5.32 Å². The van der Waals surface area contributed by atoms with Gasteiger partial charge in [-0.15, -0.1) is 0 Å². The van der Waals surface area contributed by atoms with Gasteiger partial charge in [-0.2, -0.15) is 5.10 Å². The molecule has 6 heteroatoms. The summed E-state index contributed by atoms with van der Waals surface area (Å²) in [4.78, 5) is 11.9. The summed E-state index contributed by atoms with van der Waals surface area (Å²) in [5, 5.41) is 7.61. The summed E-state index contributed by atoms with van der Waals surface area (Å²) in [6.07, 6.45) is 6.30. The zero-order valence-electron chi connectivity index (χ0n) is 13.2. The molecule has 0 saturated heterocycles. The molecular weight excluding hydrogens is 341 g/mol. The van der Waals surface area contributed by atoms with Gasteiger partial charge in [0.15, 0.2) is 0 Å². The first-order chi connectivity index (χ1) is 12.1. The summed E-state index contributed by atoms with van der Waals surface area (Å²) in [7, 11) is 0. The van der Waals surface area contributed by atoms with Crippen LogP contribution in [0.2, 0.25) is 5.02 Å². The average Bonchev–Trinajstić information content (AvgIpc) is 3.03. The van der Waals surface area contributed by atoms with Gasteiger partial charge >= 0.3 is 0 Å². The fraction of sp³-hybridized carbons (Fsp3) is 0.0526. The zero-order chi connectivity index (χ0) is 17.6. The second-order valence-electron chi connectivity index (χ2n) is 5.39. The number of anilines is 1. The van der Waals surface area contributed by atoms with E-state index < -0.39 is 0 Å². The van der Waals surface area contributed by atoms with Crippen LogP contribution in [0, 0.1) is 5.82 Å². The van der Waals surface area contributed by atoms with E-state index >= 15 is 0 Å². The van der Waals surface area contributed by atoms with Crippen LogP contribution in [0.15, 0.2) is 67.0 Å². The van der Waals surface area contributed by atoms with E-state index in [2.05, 4.69) is 10.4 Å². The Kier molecular flexibility index (Phi) is 5.26. The molecule has 0 unspecified atom stereocenters. The van der Waals surface area contributed by atoms with Crippen LogP contribution in [0.25, 0.3) is 6.08 Å². The monoisotopic (exact) mass is 355 g/mol. The second-order valence-corrected chi connectivity index (χ2v) is 5.80. The van der Waals surface area contributed by atoms with Crippen LogP contribution < -0.4 is 5.32 Å². The Morgan fingerprint density at radius 1 is 1.20 bits per heavy atom. The predicted molar refractivity (Wildman–Crippen MR) is 96.8 cm³/mol. The van der Waals surface area contributed by atoms with Crippen molar-refractivity contribution in [1.82, 2.24) is 9.78 Å². The largest absolute Gasteiger partial charge is 0.320 e. The van der Waals surface area contributed by atoms with Crippen molar-refractivity contribution in [1.29, 1.82) is 0 Å². The Morgan fingerprint density at radius 2 is 1.96 bits per heavy atom. The molecule has 0 spiro atoms. The van der Waals surface area contributed by atoms with E-state index in [9.17, 15) is 9.18 Å². The van der Waals surface area contributed by atoms with E-state index in [0.29, 0.717) is 17.3 Å². The van der Waals surface area contributed by atoms with Gasteiger partial charge in [0.1, 0.15) is 5.82 Å². The minimum absolute atomic E-state index is 0.290. The number of carbonyl (C=O) groups is 1. The number of benzene rings is 2. The van der Waals surface area contributed by atoms with Crippen molar-refractivity contribution in [3.8, 4) is 0 Å². The molecule has 3 aromatic rings. The number of hydrogen-bond donors (Lipinski definition) is 1. The molecule has 1 heterocycles. The Hall–Kier alpha value is -2.92. The van der Waals surface area contributed by atoms with E-state index in [1.807, 2.05) is 24.3 Å². The van der Waals surface area contributed by atoms with E-state index in [4.69, 9.17) is 11.6 Å². The SMILES string of the molecule is O=C(/C=C/c1ccc(F)cc1)Nc1cnn(Cc2ccccc2Cl)c1. The Balaban J connectivity index is 1.60. The maximum absolute atomic E-state index is 12.8. The van der Waals surface area contributed by atoms with E-state index in [1.54, 1.807) is 35.3 Å². The summed E-state index contributed by atoms with van der Waals surface area (Å²) < 4.78 is 14.5. The molecule has 126 valence electrons. The first-order valence-electron chi connectivity index (χ1n) is 7.61. The highest BCUT2D eigenvalue weighted by Crippen LogP contribution is 2.16. The molecule has 0 aliphatic carbocycles. The zero-order valence-corrected chi connectivity index (χ0v) is 13.9. The minimum atomic E-state index is -0.312. The van der Waals surface area contributed by atoms with Gasteiger partial charge in [0.05, 0.1) is 18.4 Å². The van der Waals surface area contributed by atoms with E-state index in [-0.39, 0.29) is 11.7 Å². The molecule has 0 aliphatic rings. The van der Waals surface area contributed by atoms with E-state index in [1.165, 1.54) is 18.2 Å². The molecule has 2 aromatic carbocycles. The highest BCUT2D eigenvalue weighted by Gasteiger charge is 2.04. The van der Waals surface area contributed by atoms with Gasteiger partial charge in [0, 0.05) is 17.3 Å². The summed E-state index contributed by atoms with van der Waals surface area (Å²) in [5.74, 6) is -0.603. The van der Waals surface area contributed by atoms with Crippen molar-refractivity contribution >= 4 is 29.3 Å². The molecule has 1 N–H and O–H groups in total. The number of hydrogen-bond acceptors (Lipinski definition) is 2. The van der Waals surface area contributed by atoms with Gasteiger partial charge in [0.25, 0.3) is 0 Å². The number of halogens is 2. The molecule has 0 fully saturated rings. The summed E-state index contributed by atoms with van der Waals surface area (Å²) >= 11 is 6.13. The van der Waals surface area contributed by atoms with Crippen LogP contribution in [0.3, 0.4) is 0 Å². The standard InChI is InChI=1S/C19H15ClFN3O/c20-18-4-2-1-3-15(18)12-24-13-17(11-22-24)23-19(25)10-7-14-5-8-16(21)9-6-14/h1-11,13H,12H2,(H,23,25)/b10-7+. The molecule has 0 bridgehead atoms. The highest BCUT2D eigenvalue weighted by atomic mass is 35.5. The van der Waals surface area contributed by atoms with Gasteiger partial charge in [-0.25, -0.2) is 4.39 Å². The number of rotatable bonds is 5. The van der Waals surface area contributed by atoms with Crippen molar-refractivity contribution in [2.45, 2.75) is 6.54 Å². The Morgan fingerprint density at radius 3 is 2.72 bits per heavy atom. The molecule has 1 aromatic heterocycles. The van der Waals surface area contributed by atoms with Crippen LogP contribution in [0.5, 0.6) is 0 Å². The van der Waals surface area contributed by atoms with Gasteiger partial charge in [-0.1, -0.05) is 41.9 Å². The van der Waals surface area contributed by atoms with Crippen molar-refractivity contribution in [3.05, 3.63) is 89.0 Å². The minimum Gasteiger partial charge on any atom is -0.320 e. The van der Waals surface area contributed by atoms with E-state index in [0.717, 1.165) is 11.1 Å². The van der Waals surface area contributed by atoms with Crippen molar-refractivity contribution < 1.29 is 9.18 Å². The molecule has 1 amide bonds. The lowest BCUT2D eigenvalue weighted by Gasteiger charge is -2.03. The van der Waals surface area contributed by atoms with Crippen LogP contribution in [0.1, 0.15) is 11.1 Å². The number of amides is 1. The lowest BCUT2D eigenvalue weighted by Crippen LogP contribution is -2.07. The average molecular weight is 356 g/mol. The smallest absolute Gasteiger partial charge is 0.248 e. The first kappa shape index (κ1) is 16.9. The van der Waals surface area contributed by atoms with Crippen molar-refractivity contribution in [2.75, 3.05) is 5.32 Å². The molecule has 0 radical (unpaired) electrons. The Labute approximate surface area is 149 Å². The van der Waals surface area contributed by atoms with Gasteiger partial charge in [0.2, 0.25) is 5.91 Å². The van der Waals surface area contributed by atoms with Gasteiger partial charge in [-0.3, -0.25) is 9.48 Å². The third-order valence-corrected chi connectivity index (χ3v) is 3.86. The maximum Gasteiger partial charge on any atom is 0.248 e. The lowest BCUT2D eigenvalue weighted by molar-refractivity contribution is -0.111. The lowest BCUT2D eigenvalue weighted by atomic mass is 10.2. The number of aromatic nitrogens is 2. The molecular formula is C19H15ClFN3O. The normalized spacial score (nSPS) is 11.0. The van der Waals surface area contributed by atoms with Crippen molar-refractivity contribution in [2.24, 2.45) is 0 Å². The van der Waals surface area contributed by atoms with Crippen LogP contribution in [0.4, 0.5) is 10.1 Å². The molecule has 4 nitrogen and oxygen atoms in total. The highest BCUT2D eigenvalue weighted by molar-refractivity contribution is 6.31. The van der Waals surface area contributed by atoms with Crippen LogP contribution in [-0.4, -0.2) is 15.7 Å². The predicted octanol–water partition coefficient (Wildman–Crippen LogP) is 4.38. The molecule has 3 rings (SSSR count). The van der Waals surface area contributed by atoms with Crippen molar-refractivity contribution in [3.63, 3.8) is 0 Å². The third kappa shape index (κ3) is 4.78. The van der Waals surface area contributed by atoms with Gasteiger partial charge in [-0.05, 0) is 35.4 Å². The fourth-order valence-corrected chi connectivity index (χ4v) is 2.44. The quantitative estimate of drug-likeness (QED) is 0.690. The second kappa shape index (κ2) is 7.77. The molecule has 0 saturated carbocycles. The fourth-order valence-electron chi connectivity index (χ4n) is 2.25. The number of nitrogens with one attached hydrogen (secondary N) is 1. The third-order valence-electron chi connectivity index (χ3n) is 3.49. The summed E-state index contributed by atoms with van der Waals surface area (Å²) in [6, 6.07) is 13.4. The molecule has 25 heavy (non-hydrogen) atoms. The topological polar surface area (TPSA) is 46.9 Å². The molecule has 0 aliphatic heterocycles.